The molecule has 0 bridgehead atoms. The Balaban J connectivity index is 1.52. The SMILES string of the molecule is COc1ccc(/C=C2\SC(=O)N(CC(=O)N3CCc4ccccc4C3)C2=O)c(OC)c1OC. The normalized spacial score (nSPS) is 16.8. The molecule has 8 nitrogen and oxygen atoms in total. The van der Waals surface area contributed by atoms with Gasteiger partial charge in [0.05, 0.1) is 26.2 Å². The Morgan fingerprint density at radius 2 is 1.73 bits per heavy atom. The average Bonchev–Trinajstić information content (AvgIpc) is 3.10. The fraction of sp³-hybridized carbons (Fsp3) is 0.292. The summed E-state index contributed by atoms with van der Waals surface area (Å²) in [6.07, 6.45) is 2.32. The number of amides is 3. The van der Waals surface area contributed by atoms with E-state index in [4.69, 9.17) is 14.2 Å². The lowest BCUT2D eigenvalue weighted by molar-refractivity contribution is -0.136. The largest absolute Gasteiger partial charge is 0.493 e. The van der Waals surface area contributed by atoms with Gasteiger partial charge in [0, 0.05) is 18.7 Å². The molecule has 33 heavy (non-hydrogen) atoms. The summed E-state index contributed by atoms with van der Waals surface area (Å²) < 4.78 is 16.1. The molecule has 2 aliphatic heterocycles. The van der Waals surface area contributed by atoms with Crippen LogP contribution in [0, 0.1) is 0 Å². The minimum atomic E-state index is -0.507. The van der Waals surface area contributed by atoms with Crippen molar-refractivity contribution in [2.24, 2.45) is 0 Å². The van der Waals surface area contributed by atoms with Gasteiger partial charge in [0.25, 0.3) is 11.1 Å². The Morgan fingerprint density at radius 3 is 2.42 bits per heavy atom. The monoisotopic (exact) mass is 468 g/mol. The number of methoxy groups -OCH3 is 3. The Kier molecular flexibility index (Phi) is 6.60. The van der Waals surface area contributed by atoms with Crippen LogP contribution in [-0.2, 0) is 22.6 Å². The van der Waals surface area contributed by atoms with Gasteiger partial charge in [-0.25, -0.2) is 0 Å². The Bertz CT molecular complexity index is 1150. The number of imide groups is 1. The van der Waals surface area contributed by atoms with Crippen molar-refractivity contribution in [3.05, 3.63) is 58.0 Å². The standard InChI is InChI=1S/C24H24N2O6S/c1-30-18-9-8-16(21(31-2)22(18)32-3)12-19-23(28)26(24(29)33-19)14-20(27)25-11-10-15-6-4-5-7-17(15)13-25/h4-9,12H,10-11,13-14H2,1-3H3/b19-12-. The third-order valence-corrected chi connectivity index (χ3v) is 6.58. The second-order valence-corrected chi connectivity index (χ2v) is 8.52. The zero-order valence-electron chi connectivity index (χ0n) is 18.6. The number of fused-ring (bicyclic) bond motifs is 1. The van der Waals surface area contributed by atoms with Crippen LogP contribution in [0.15, 0.2) is 41.3 Å². The Morgan fingerprint density at radius 1 is 1.00 bits per heavy atom. The summed E-state index contributed by atoms with van der Waals surface area (Å²) >= 11 is 0.797. The maximum absolute atomic E-state index is 13.0. The first-order chi connectivity index (χ1) is 16.0. The lowest BCUT2D eigenvalue weighted by atomic mass is 10.00. The van der Waals surface area contributed by atoms with Crippen LogP contribution in [-0.4, -0.2) is 61.3 Å². The highest BCUT2D eigenvalue weighted by Gasteiger charge is 2.37. The summed E-state index contributed by atoms with van der Waals surface area (Å²) in [5, 5.41) is -0.476. The zero-order chi connectivity index (χ0) is 23.5. The highest BCUT2D eigenvalue weighted by Crippen LogP contribution is 2.42. The molecule has 0 N–H and O–H groups in total. The molecule has 172 valence electrons. The number of rotatable bonds is 6. The summed E-state index contributed by atoms with van der Waals surface area (Å²) in [4.78, 5) is 41.3. The van der Waals surface area contributed by atoms with E-state index in [0.29, 0.717) is 35.9 Å². The number of ether oxygens (including phenoxy) is 3. The third-order valence-electron chi connectivity index (χ3n) is 5.67. The van der Waals surface area contributed by atoms with Crippen LogP contribution in [0.5, 0.6) is 17.2 Å². The van der Waals surface area contributed by atoms with E-state index < -0.39 is 11.1 Å². The van der Waals surface area contributed by atoms with Gasteiger partial charge in [-0.15, -0.1) is 0 Å². The lowest BCUT2D eigenvalue weighted by Gasteiger charge is -2.29. The van der Waals surface area contributed by atoms with Gasteiger partial charge in [0.15, 0.2) is 11.5 Å². The smallest absolute Gasteiger partial charge is 0.294 e. The predicted octanol–water partition coefficient (Wildman–Crippen LogP) is 3.33. The van der Waals surface area contributed by atoms with Crippen LogP contribution < -0.4 is 14.2 Å². The van der Waals surface area contributed by atoms with E-state index in [-0.39, 0.29) is 17.4 Å². The summed E-state index contributed by atoms with van der Waals surface area (Å²) in [6.45, 7) is 0.752. The summed E-state index contributed by atoms with van der Waals surface area (Å²) in [5.74, 6) is 0.484. The fourth-order valence-corrected chi connectivity index (χ4v) is 4.79. The van der Waals surface area contributed by atoms with Crippen molar-refractivity contribution in [2.45, 2.75) is 13.0 Å². The molecule has 0 aromatic heterocycles. The van der Waals surface area contributed by atoms with Gasteiger partial charge < -0.3 is 19.1 Å². The van der Waals surface area contributed by atoms with Gasteiger partial charge in [-0.3, -0.25) is 19.3 Å². The Labute approximate surface area is 196 Å². The minimum absolute atomic E-state index is 0.210. The van der Waals surface area contributed by atoms with E-state index in [1.165, 1.54) is 26.9 Å². The molecule has 0 spiro atoms. The van der Waals surface area contributed by atoms with Crippen LogP contribution >= 0.6 is 11.8 Å². The van der Waals surface area contributed by atoms with Gasteiger partial charge in [-0.1, -0.05) is 24.3 Å². The molecule has 4 rings (SSSR count). The minimum Gasteiger partial charge on any atom is -0.493 e. The number of hydrogen-bond donors (Lipinski definition) is 0. The van der Waals surface area contributed by atoms with E-state index in [1.807, 2.05) is 18.2 Å². The third kappa shape index (κ3) is 4.41. The molecule has 0 atom stereocenters. The quantitative estimate of drug-likeness (QED) is 0.601. The molecule has 0 aliphatic carbocycles. The molecule has 2 aliphatic rings. The molecule has 0 unspecified atom stereocenters. The second-order valence-electron chi connectivity index (χ2n) is 7.53. The van der Waals surface area contributed by atoms with E-state index in [2.05, 4.69) is 6.07 Å². The highest BCUT2D eigenvalue weighted by atomic mass is 32.2. The molecule has 1 saturated heterocycles. The topological polar surface area (TPSA) is 85.4 Å². The van der Waals surface area contributed by atoms with Gasteiger partial charge in [0.2, 0.25) is 11.7 Å². The second kappa shape index (κ2) is 9.58. The summed E-state index contributed by atoms with van der Waals surface area (Å²) in [5.41, 5.74) is 2.87. The van der Waals surface area contributed by atoms with Crippen LogP contribution in [0.2, 0.25) is 0 Å². The first-order valence-electron chi connectivity index (χ1n) is 10.4. The van der Waals surface area contributed by atoms with Crippen molar-refractivity contribution in [3.63, 3.8) is 0 Å². The van der Waals surface area contributed by atoms with Gasteiger partial charge in [0.1, 0.15) is 6.54 Å². The molecular formula is C24H24N2O6S. The number of carbonyl (C=O) groups excluding carboxylic acids is 3. The molecule has 2 aromatic rings. The Hall–Kier alpha value is -3.46. The van der Waals surface area contributed by atoms with Crippen LogP contribution in [0.4, 0.5) is 4.79 Å². The van der Waals surface area contributed by atoms with Crippen molar-refractivity contribution in [1.29, 1.82) is 0 Å². The highest BCUT2D eigenvalue weighted by molar-refractivity contribution is 8.18. The number of benzene rings is 2. The molecule has 1 fully saturated rings. The summed E-state index contributed by atoms with van der Waals surface area (Å²) in [7, 11) is 4.48. The number of thioether (sulfide) groups is 1. The first-order valence-corrected chi connectivity index (χ1v) is 11.2. The summed E-state index contributed by atoms with van der Waals surface area (Å²) in [6, 6.07) is 11.4. The predicted molar refractivity (Wildman–Crippen MR) is 124 cm³/mol. The molecule has 0 radical (unpaired) electrons. The average molecular weight is 469 g/mol. The molecular weight excluding hydrogens is 444 g/mol. The van der Waals surface area contributed by atoms with Crippen molar-refractivity contribution in [3.8, 4) is 17.2 Å². The van der Waals surface area contributed by atoms with Crippen LogP contribution in [0.3, 0.4) is 0 Å². The van der Waals surface area contributed by atoms with E-state index in [0.717, 1.165) is 28.6 Å². The molecule has 2 heterocycles. The molecule has 3 amide bonds. The van der Waals surface area contributed by atoms with Crippen LogP contribution in [0.1, 0.15) is 16.7 Å². The van der Waals surface area contributed by atoms with Crippen molar-refractivity contribution in [2.75, 3.05) is 34.4 Å². The van der Waals surface area contributed by atoms with Crippen molar-refractivity contribution >= 4 is 34.9 Å². The van der Waals surface area contributed by atoms with E-state index >= 15 is 0 Å². The van der Waals surface area contributed by atoms with Crippen molar-refractivity contribution < 1.29 is 28.6 Å². The van der Waals surface area contributed by atoms with Gasteiger partial charge in [-0.2, -0.15) is 0 Å². The van der Waals surface area contributed by atoms with Crippen LogP contribution in [0.25, 0.3) is 6.08 Å². The van der Waals surface area contributed by atoms with E-state index in [1.54, 1.807) is 23.1 Å². The zero-order valence-corrected chi connectivity index (χ0v) is 19.4. The molecule has 9 heteroatoms. The van der Waals surface area contributed by atoms with Gasteiger partial charge in [-0.05, 0) is 47.5 Å². The fourth-order valence-electron chi connectivity index (χ4n) is 3.96. The molecule has 0 saturated carbocycles. The van der Waals surface area contributed by atoms with Gasteiger partial charge >= 0.3 is 0 Å². The number of carbonyl (C=O) groups is 3. The maximum Gasteiger partial charge on any atom is 0.294 e. The maximum atomic E-state index is 13.0. The lowest BCUT2D eigenvalue weighted by Crippen LogP contribution is -2.44. The van der Waals surface area contributed by atoms with Crippen molar-refractivity contribution in [1.82, 2.24) is 9.80 Å². The van der Waals surface area contributed by atoms with E-state index in [9.17, 15) is 14.4 Å². The molecule has 2 aromatic carbocycles. The number of hydrogen-bond acceptors (Lipinski definition) is 7. The first kappa shape index (κ1) is 22.7. The number of nitrogens with zero attached hydrogens (tertiary/aromatic N) is 2.